The summed E-state index contributed by atoms with van der Waals surface area (Å²) in [4.78, 5) is 13.3. The molecule has 0 atom stereocenters. The zero-order valence-electron chi connectivity index (χ0n) is 20.0. The third-order valence-corrected chi connectivity index (χ3v) is 6.65. The Morgan fingerprint density at radius 1 is 0.912 bits per heavy atom. The van der Waals surface area contributed by atoms with Crippen molar-refractivity contribution in [2.24, 2.45) is 0 Å². The summed E-state index contributed by atoms with van der Waals surface area (Å²) in [6, 6.07) is 23.3. The molecule has 4 nitrogen and oxygen atoms in total. The number of aliphatic hydroxyl groups excluding tert-OH is 2. The summed E-state index contributed by atoms with van der Waals surface area (Å²) in [6.45, 7) is 6.20. The summed E-state index contributed by atoms with van der Waals surface area (Å²) in [6.07, 6.45) is 1.15. The van der Waals surface area contributed by atoms with Crippen LogP contribution in [0.3, 0.4) is 0 Å². The monoisotopic (exact) mass is 456 g/mol. The molecule has 2 N–H and O–H groups in total. The van der Waals surface area contributed by atoms with Crippen LogP contribution in [0, 0.1) is 6.92 Å². The van der Waals surface area contributed by atoms with E-state index in [1.807, 2.05) is 73.7 Å². The molecule has 0 saturated heterocycles. The van der Waals surface area contributed by atoms with E-state index in [4.69, 9.17) is 4.74 Å². The number of hydrogen-bond donors (Lipinski definition) is 2. The molecule has 1 heterocycles. The van der Waals surface area contributed by atoms with Gasteiger partial charge in [-0.3, -0.25) is 0 Å². The summed E-state index contributed by atoms with van der Waals surface area (Å²) in [5, 5.41) is 21.0. The molecule has 0 saturated carbocycles. The lowest BCUT2D eigenvalue weighted by Gasteiger charge is -2.38. The first-order valence-electron chi connectivity index (χ1n) is 11.8. The molecule has 0 amide bonds. The van der Waals surface area contributed by atoms with Gasteiger partial charge in [0.2, 0.25) is 0 Å². The summed E-state index contributed by atoms with van der Waals surface area (Å²) < 4.78 is 6.17. The first kappa shape index (κ1) is 23.8. The molecule has 176 valence electrons. The predicted octanol–water partition coefficient (Wildman–Crippen LogP) is 6.25. The van der Waals surface area contributed by atoms with Crippen molar-refractivity contribution in [3.8, 4) is 0 Å². The fraction of sp³-hybridized carbons (Fsp3) is 0.300. The molecule has 4 rings (SSSR count). The second-order valence-corrected chi connectivity index (χ2v) is 9.36. The van der Waals surface area contributed by atoms with E-state index in [1.165, 1.54) is 0 Å². The number of benzene rings is 3. The topological polar surface area (TPSA) is 66.8 Å². The van der Waals surface area contributed by atoms with Crippen LogP contribution in [-0.4, -0.2) is 16.2 Å². The second-order valence-electron chi connectivity index (χ2n) is 9.36. The highest BCUT2D eigenvalue weighted by molar-refractivity contribution is 5.90. The molecule has 0 aromatic heterocycles. The molecular formula is C30H32O4. The lowest BCUT2D eigenvalue weighted by molar-refractivity contribution is -0.155. The van der Waals surface area contributed by atoms with Crippen molar-refractivity contribution >= 4 is 5.97 Å². The quantitative estimate of drug-likeness (QED) is 0.413. The Labute approximate surface area is 201 Å². The molecule has 0 aliphatic carbocycles. The third kappa shape index (κ3) is 4.51. The number of ether oxygens (including phenoxy) is 1. The van der Waals surface area contributed by atoms with Gasteiger partial charge in [-0.1, -0.05) is 92.2 Å². The number of carbonyl (C=O) groups excluding carboxylic acids is 1. The van der Waals surface area contributed by atoms with Gasteiger partial charge in [-0.15, -0.1) is 0 Å². The Morgan fingerprint density at radius 2 is 1.47 bits per heavy atom. The molecular weight excluding hydrogens is 424 g/mol. The van der Waals surface area contributed by atoms with E-state index in [2.05, 4.69) is 19.9 Å². The molecule has 0 bridgehead atoms. The number of esters is 1. The van der Waals surface area contributed by atoms with Gasteiger partial charge in [0.25, 0.3) is 0 Å². The molecule has 4 heteroatoms. The summed E-state index contributed by atoms with van der Waals surface area (Å²) in [5.41, 5.74) is 5.10. The van der Waals surface area contributed by atoms with Crippen molar-refractivity contribution in [2.75, 3.05) is 0 Å². The maximum Gasteiger partial charge on any atom is 0.338 e. The lowest BCUT2D eigenvalue weighted by atomic mass is 9.80. The van der Waals surface area contributed by atoms with Crippen molar-refractivity contribution in [3.63, 3.8) is 0 Å². The van der Waals surface area contributed by atoms with Crippen LogP contribution in [0.25, 0.3) is 0 Å². The first-order chi connectivity index (χ1) is 16.4. The third-order valence-electron chi connectivity index (χ3n) is 6.65. The molecule has 1 aliphatic rings. The van der Waals surface area contributed by atoms with Crippen molar-refractivity contribution in [1.82, 2.24) is 0 Å². The highest BCUT2D eigenvalue weighted by atomic mass is 16.6. The van der Waals surface area contributed by atoms with Gasteiger partial charge in [-0.05, 0) is 42.4 Å². The van der Waals surface area contributed by atoms with Crippen molar-refractivity contribution < 1.29 is 19.7 Å². The lowest BCUT2D eigenvalue weighted by Crippen LogP contribution is -2.39. The first-order valence-corrected chi connectivity index (χ1v) is 11.8. The fourth-order valence-corrected chi connectivity index (χ4v) is 5.16. The van der Waals surface area contributed by atoms with Crippen molar-refractivity contribution in [3.05, 3.63) is 118 Å². The minimum atomic E-state index is -1.07. The van der Waals surface area contributed by atoms with Gasteiger partial charge in [-0.25, -0.2) is 4.79 Å². The van der Waals surface area contributed by atoms with Gasteiger partial charge in [-0.2, -0.15) is 0 Å². The molecule has 0 spiro atoms. The van der Waals surface area contributed by atoms with Crippen LogP contribution in [0.15, 0.2) is 84.1 Å². The van der Waals surface area contributed by atoms with E-state index >= 15 is 0 Å². The summed E-state index contributed by atoms with van der Waals surface area (Å²) in [5.74, 6) is -0.176. The van der Waals surface area contributed by atoms with E-state index in [-0.39, 0.29) is 24.7 Å². The van der Waals surface area contributed by atoms with Crippen molar-refractivity contribution in [2.45, 2.75) is 58.2 Å². The number of carbonyl (C=O) groups is 1. The number of aryl methyl sites for hydroxylation is 2. The van der Waals surface area contributed by atoms with Gasteiger partial charge in [0.05, 0.1) is 18.6 Å². The average Bonchev–Trinajstić information content (AvgIpc) is 2.83. The molecule has 0 fully saturated rings. The molecule has 3 aromatic rings. The van der Waals surface area contributed by atoms with E-state index < -0.39 is 11.6 Å². The van der Waals surface area contributed by atoms with Crippen molar-refractivity contribution in [1.29, 1.82) is 0 Å². The molecule has 0 unspecified atom stereocenters. The van der Waals surface area contributed by atoms with E-state index in [9.17, 15) is 15.0 Å². The minimum absolute atomic E-state index is 0.0190. The largest absolute Gasteiger partial charge is 0.512 e. The molecule has 0 radical (unpaired) electrons. The van der Waals surface area contributed by atoms with E-state index in [1.54, 1.807) is 0 Å². The minimum Gasteiger partial charge on any atom is -0.512 e. The smallest absolute Gasteiger partial charge is 0.338 e. The van der Waals surface area contributed by atoms with Crippen LogP contribution in [0.5, 0.6) is 0 Å². The van der Waals surface area contributed by atoms with Crippen LogP contribution in [0.1, 0.15) is 66.0 Å². The van der Waals surface area contributed by atoms with E-state index in [0.717, 1.165) is 33.4 Å². The standard InChI is InChI=1S/C30H32O4/c1-20(2)28-22(16-21(3)17-23(28)19-31)14-15-26-27(32)18-30(34-29(26)33,24-10-6-4-7-11-24)25-12-8-5-9-13-25/h4-13,16-17,20,31-32H,14-15,18-19H2,1-3H3. The fourth-order valence-electron chi connectivity index (χ4n) is 5.16. The van der Waals surface area contributed by atoms with Crippen LogP contribution in [0.2, 0.25) is 0 Å². The maximum atomic E-state index is 13.3. The summed E-state index contributed by atoms with van der Waals surface area (Å²) >= 11 is 0. The molecule has 3 aromatic carbocycles. The number of aliphatic hydroxyl groups is 2. The van der Waals surface area contributed by atoms with Gasteiger partial charge in [0, 0.05) is 11.1 Å². The van der Waals surface area contributed by atoms with Crippen LogP contribution < -0.4 is 0 Å². The summed E-state index contributed by atoms with van der Waals surface area (Å²) in [7, 11) is 0. The Kier molecular flexibility index (Phi) is 6.90. The Morgan fingerprint density at radius 3 is 1.97 bits per heavy atom. The predicted molar refractivity (Wildman–Crippen MR) is 134 cm³/mol. The SMILES string of the molecule is Cc1cc(CO)c(C(C)C)c(CCC2=C(O)CC(c3ccccc3)(c3ccccc3)OC2=O)c1. The maximum absolute atomic E-state index is 13.3. The van der Waals surface area contributed by atoms with Crippen LogP contribution in [0.4, 0.5) is 0 Å². The zero-order valence-corrected chi connectivity index (χ0v) is 20.0. The Hall–Kier alpha value is -3.37. The number of cyclic esters (lactones) is 1. The normalized spacial score (nSPS) is 15.5. The van der Waals surface area contributed by atoms with E-state index in [0.29, 0.717) is 18.4 Å². The Bertz CT molecular complexity index is 1150. The highest BCUT2D eigenvalue weighted by Crippen LogP contribution is 2.44. The zero-order chi connectivity index (χ0) is 24.3. The van der Waals surface area contributed by atoms with Crippen LogP contribution in [-0.2, 0) is 28.2 Å². The molecule has 1 aliphatic heterocycles. The van der Waals surface area contributed by atoms with Crippen LogP contribution >= 0.6 is 0 Å². The van der Waals surface area contributed by atoms with Gasteiger partial charge in [0.15, 0.2) is 5.60 Å². The number of rotatable bonds is 7. The Balaban J connectivity index is 1.69. The van der Waals surface area contributed by atoms with Gasteiger partial charge < -0.3 is 14.9 Å². The highest BCUT2D eigenvalue weighted by Gasteiger charge is 2.44. The van der Waals surface area contributed by atoms with Gasteiger partial charge in [0.1, 0.15) is 5.76 Å². The second kappa shape index (κ2) is 9.86. The average molecular weight is 457 g/mol. The van der Waals surface area contributed by atoms with Gasteiger partial charge >= 0.3 is 5.97 Å². The number of hydrogen-bond acceptors (Lipinski definition) is 4. The molecule has 34 heavy (non-hydrogen) atoms.